The SMILES string of the molecule is O=C(O)c1ccc(S(=O)[O-])cn1. The third-order valence-electron chi connectivity index (χ3n) is 1.15. The van der Waals surface area contributed by atoms with Gasteiger partial charge in [0.25, 0.3) is 0 Å². The topological polar surface area (TPSA) is 90.3 Å². The second-order valence-corrected chi connectivity index (χ2v) is 2.86. The number of hydrogen-bond donors (Lipinski definition) is 1. The molecule has 5 nitrogen and oxygen atoms in total. The minimum absolute atomic E-state index is 0.0278. The van der Waals surface area contributed by atoms with Crippen LogP contribution in [0.4, 0.5) is 0 Å². The lowest BCUT2D eigenvalue weighted by Gasteiger charge is -2.02. The summed E-state index contributed by atoms with van der Waals surface area (Å²) in [5.41, 5.74) is -0.177. The first-order valence-corrected chi connectivity index (χ1v) is 3.97. The van der Waals surface area contributed by atoms with Crippen molar-refractivity contribution in [2.24, 2.45) is 0 Å². The zero-order valence-corrected chi connectivity index (χ0v) is 6.58. The Morgan fingerprint density at radius 3 is 2.58 bits per heavy atom. The third kappa shape index (κ3) is 1.86. The predicted octanol–water partition coefficient (Wildman–Crippen LogP) is 0.0178. The van der Waals surface area contributed by atoms with Crippen LogP contribution in [0.2, 0.25) is 0 Å². The van der Waals surface area contributed by atoms with Crippen LogP contribution in [0.1, 0.15) is 10.5 Å². The number of rotatable bonds is 2. The summed E-state index contributed by atoms with van der Waals surface area (Å²) >= 11 is -2.36. The highest BCUT2D eigenvalue weighted by Crippen LogP contribution is 2.03. The van der Waals surface area contributed by atoms with Crippen LogP contribution in [0.5, 0.6) is 0 Å². The summed E-state index contributed by atoms with van der Waals surface area (Å²) in [6.07, 6.45) is 0.993. The molecule has 0 bridgehead atoms. The number of carboxylic acids is 1. The second-order valence-electron chi connectivity index (χ2n) is 1.92. The Bertz CT molecular complexity index is 288. The summed E-state index contributed by atoms with van der Waals surface area (Å²) in [6, 6.07) is 2.31. The number of aromatic nitrogens is 1. The van der Waals surface area contributed by atoms with Crippen molar-refractivity contribution in [3.8, 4) is 0 Å². The van der Waals surface area contributed by atoms with E-state index in [1.165, 1.54) is 6.07 Å². The zero-order valence-electron chi connectivity index (χ0n) is 5.76. The number of carbonyl (C=O) groups is 1. The van der Waals surface area contributed by atoms with E-state index in [-0.39, 0.29) is 10.6 Å². The molecule has 1 heterocycles. The lowest BCUT2D eigenvalue weighted by Crippen LogP contribution is -2.00. The van der Waals surface area contributed by atoms with Crippen LogP contribution in [0.15, 0.2) is 23.2 Å². The average Bonchev–Trinajstić information content (AvgIpc) is 2.04. The van der Waals surface area contributed by atoms with Crippen molar-refractivity contribution in [3.63, 3.8) is 0 Å². The molecule has 0 amide bonds. The highest BCUT2D eigenvalue weighted by molar-refractivity contribution is 7.79. The lowest BCUT2D eigenvalue weighted by atomic mass is 10.4. The van der Waals surface area contributed by atoms with Gasteiger partial charge < -0.3 is 9.66 Å². The fourth-order valence-electron chi connectivity index (χ4n) is 0.605. The summed E-state index contributed by atoms with van der Waals surface area (Å²) in [5, 5.41) is 8.40. The molecule has 0 aromatic carbocycles. The molecule has 1 rings (SSSR count). The highest BCUT2D eigenvalue weighted by Gasteiger charge is 2.02. The molecule has 0 saturated heterocycles. The van der Waals surface area contributed by atoms with Crippen molar-refractivity contribution in [1.82, 2.24) is 4.98 Å². The van der Waals surface area contributed by atoms with E-state index in [4.69, 9.17) is 5.11 Å². The van der Waals surface area contributed by atoms with Gasteiger partial charge in [-0.2, -0.15) is 0 Å². The Balaban J connectivity index is 3.01. The van der Waals surface area contributed by atoms with Crippen molar-refractivity contribution in [3.05, 3.63) is 24.0 Å². The van der Waals surface area contributed by atoms with E-state index in [2.05, 4.69) is 4.98 Å². The van der Waals surface area contributed by atoms with Crippen LogP contribution in [0.25, 0.3) is 0 Å². The molecule has 0 fully saturated rings. The van der Waals surface area contributed by atoms with Gasteiger partial charge in [-0.25, -0.2) is 9.78 Å². The minimum atomic E-state index is -2.36. The Morgan fingerprint density at radius 1 is 1.58 bits per heavy atom. The first-order valence-electron chi connectivity index (χ1n) is 2.90. The van der Waals surface area contributed by atoms with Gasteiger partial charge in [-0.05, 0) is 23.2 Å². The van der Waals surface area contributed by atoms with E-state index in [0.29, 0.717) is 0 Å². The molecule has 1 unspecified atom stereocenters. The van der Waals surface area contributed by atoms with Gasteiger partial charge in [-0.15, -0.1) is 0 Å². The smallest absolute Gasteiger partial charge is 0.354 e. The molecular formula is C6H4NO4S-. The van der Waals surface area contributed by atoms with Gasteiger partial charge in [0, 0.05) is 11.1 Å². The molecule has 0 saturated carbocycles. The Morgan fingerprint density at radius 2 is 2.25 bits per heavy atom. The van der Waals surface area contributed by atoms with Gasteiger partial charge in [-0.1, -0.05) is 0 Å². The molecule has 1 atom stereocenters. The Labute approximate surface area is 70.3 Å². The molecule has 12 heavy (non-hydrogen) atoms. The maximum atomic E-state index is 10.3. The monoisotopic (exact) mass is 186 g/mol. The summed E-state index contributed by atoms with van der Waals surface area (Å²) in [5.74, 6) is -1.18. The van der Waals surface area contributed by atoms with Crippen LogP contribution < -0.4 is 0 Å². The molecular weight excluding hydrogens is 182 g/mol. The quantitative estimate of drug-likeness (QED) is 0.657. The summed E-state index contributed by atoms with van der Waals surface area (Å²) in [7, 11) is 0. The normalized spacial score (nSPS) is 12.4. The molecule has 0 spiro atoms. The standard InChI is InChI=1S/C6H5NO4S/c8-6(9)5-2-1-4(3-7-5)12(10)11/h1-3H,(H,8,9)(H,10,11)/p-1. The maximum Gasteiger partial charge on any atom is 0.354 e. The lowest BCUT2D eigenvalue weighted by molar-refractivity contribution is 0.0690. The average molecular weight is 186 g/mol. The zero-order chi connectivity index (χ0) is 9.14. The fraction of sp³-hybridized carbons (Fsp3) is 0. The largest absolute Gasteiger partial charge is 0.768 e. The van der Waals surface area contributed by atoms with Crippen LogP contribution in [-0.2, 0) is 11.1 Å². The van der Waals surface area contributed by atoms with Gasteiger partial charge in [0.1, 0.15) is 5.69 Å². The highest BCUT2D eigenvalue weighted by atomic mass is 32.2. The minimum Gasteiger partial charge on any atom is -0.768 e. The van der Waals surface area contributed by atoms with E-state index in [1.54, 1.807) is 0 Å². The second kappa shape index (κ2) is 3.42. The van der Waals surface area contributed by atoms with Crippen molar-refractivity contribution in [2.75, 3.05) is 0 Å². The van der Waals surface area contributed by atoms with Gasteiger partial charge in [0.15, 0.2) is 0 Å². The predicted molar refractivity (Wildman–Crippen MR) is 38.4 cm³/mol. The van der Waals surface area contributed by atoms with Crippen LogP contribution >= 0.6 is 0 Å². The number of hydrogen-bond acceptors (Lipinski definition) is 4. The molecule has 0 aliphatic carbocycles. The third-order valence-corrected chi connectivity index (χ3v) is 1.77. The van der Waals surface area contributed by atoms with Gasteiger partial charge in [0.05, 0.1) is 0 Å². The van der Waals surface area contributed by atoms with Gasteiger partial charge in [-0.3, -0.25) is 4.21 Å². The van der Waals surface area contributed by atoms with E-state index < -0.39 is 17.0 Å². The number of nitrogens with zero attached hydrogens (tertiary/aromatic N) is 1. The van der Waals surface area contributed by atoms with Crippen LogP contribution in [0, 0.1) is 0 Å². The van der Waals surface area contributed by atoms with Crippen molar-refractivity contribution >= 4 is 17.0 Å². The van der Waals surface area contributed by atoms with Crippen molar-refractivity contribution in [1.29, 1.82) is 0 Å². The summed E-state index contributed by atoms with van der Waals surface area (Å²) < 4.78 is 20.6. The first-order chi connectivity index (χ1) is 5.61. The molecule has 64 valence electrons. The van der Waals surface area contributed by atoms with E-state index >= 15 is 0 Å². The molecule has 1 N–H and O–H groups in total. The van der Waals surface area contributed by atoms with Crippen LogP contribution in [0.3, 0.4) is 0 Å². The number of aromatic carboxylic acids is 1. The Kier molecular flexibility index (Phi) is 2.51. The first kappa shape index (κ1) is 8.82. The van der Waals surface area contributed by atoms with Crippen LogP contribution in [-0.4, -0.2) is 24.8 Å². The molecule has 0 aliphatic heterocycles. The van der Waals surface area contributed by atoms with Gasteiger partial charge >= 0.3 is 5.97 Å². The van der Waals surface area contributed by atoms with E-state index in [9.17, 15) is 13.6 Å². The fourth-order valence-corrected chi connectivity index (χ4v) is 0.923. The summed E-state index contributed by atoms with van der Waals surface area (Å²) in [4.78, 5) is 13.6. The van der Waals surface area contributed by atoms with Gasteiger partial charge in [0.2, 0.25) is 0 Å². The molecule has 1 aromatic rings. The molecule has 1 aromatic heterocycles. The van der Waals surface area contributed by atoms with E-state index in [1.807, 2.05) is 0 Å². The summed E-state index contributed by atoms with van der Waals surface area (Å²) in [6.45, 7) is 0. The number of pyridine rings is 1. The van der Waals surface area contributed by atoms with Crippen molar-refractivity contribution in [2.45, 2.75) is 4.90 Å². The van der Waals surface area contributed by atoms with E-state index in [0.717, 1.165) is 12.3 Å². The maximum absolute atomic E-state index is 10.3. The molecule has 6 heteroatoms. The Hall–Kier alpha value is -1.27. The number of carboxylic acid groups (broad SMARTS) is 1. The molecule has 0 radical (unpaired) electrons. The van der Waals surface area contributed by atoms with Crippen molar-refractivity contribution < 1.29 is 18.7 Å². The molecule has 0 aliphatic rings.